The van der Waals surface area contributed by atoms with Gasteiger partial charge in [-0.3, -0.25) is 4.79 Å². The van der Waals surface area contributed by atoms with E-state index in [0.717, 1.165) is 77.4 Å². The number of rotatable bonds is 10. The lowest BCUT2D eigenvalue weighted by Gasteiger charge is -2.12. The number of nitrogens with zero attached hydrogens (tertiary/aromatic N) is 2. The van der Waals surface area contributed by atoms with Gasteiger partial charge in [-0.2, -0.15) is 0 Å². The minimum atomic E-state index is 0.187. The number of imidazole rings is 1. The van der Waals surface area contributed by atoms with Gasteiger partial charge in [0, 0.05) is 30.5 Å². The van der Waals surface area contributed by atoms with E-state index < -0.39 is 0 Å². The minimum Gasteiger partial charge on any atom is -0.494 e. The molecule has 1 aliphatic carbocycles. The van der Waals surface area contributed by atoms with Crippen LogP contribution in [0.1, 0.15) is 42.6 Å². The molecule has 0 unspecified atom stereocenters. The molecule has 1 aromatic heterocycles. The van der Waals surface area contributed by atoms with Gasteiger partial charge in [-0.25, -0.2) is 4.98 Å². The molecule has 6 heteroatoms. The Kier molecular flexibility index (Phi) is 6.81. The van der Waals surface area contributed by atoms with Crippen LogP contribution < -0.4 is 10.1 Å². The summed E-state index contributed by atoms with van der Waals surface area (Å²) in [5.41, 5.74) is 4.24. The summed E-state index contributed by atoms with van der Waals surface area (Å²) in [5.74, 6) is 2.33. The molecule has 1 aliphatic rings. The Hall–Kier alpha value is -2.53. The molecule has 1 N–H and O–H groups in total. The molecular formula is C25H30ClN3O2. The van der Waals surface area contributed by atoms with Crippen LogP contribution >= 0.6 is 11.6 Å². The molecule has 1 fully saturated rings. The molecule has 3 aromatic rings. The van der Waals surface area contributed by atoms with Crippen molar-refractivity contribution in [2.45, 2.75) is 52.5 Å². The Balaban J connectivity index is 1.32. The number of para-hydroxylation sites is 2. The summed E-state index contributed by atoms with van der Waals surface area (Å²) >= 11 is 6.24. The molecule has 1 saturated carbocycles. The second kappa shape index (κ2) is 9.73. The fourth-order valence-electron chi connectivity index (χ4n) is 3.90. The first-order valence-electron chi connectivity index (χ1n) is 11.1. The summed E-state index contributed by atoms with van der Waals surface area (Å²) in [7, 11) is 0. The summed E-state index contributed by atoms with van der Waals surface area (Å²) in [4.78, 5) is 16.7. The van der Waals surface area contributed by atoms with E-state index in [9.17, 15) is 4.79 Å². The van der Waals surface area contributed by atoms with E-state index in [-0.39, 0.29) is 11.8 Å². The van der Waals surface area contributed by atoms with Crippen molar-refractivity contribution in [2.24, 2.45) is 5.92 Å². The smallest absolute Gasteiger partial charge is 0.223 e. The number of nitrogens with one attached hydrogen (secondary N) is 1. The number of halogens is 1. The molecule has 1 heterocycles. The van der Waals surface area contributed by atoms with Crippen molar-refractivity contribution in [3.63, 3.8) is 0 Å². The van der Waals surface area contributed by atoms with Crippen LogP contribution in [0.15, 0.2) is 36.4 Å². The number of aromatic nitrogens is 2. The summed E-state index contributed by atoms with van der Waals surface area (Å²) in [6.07, 6.45) is 4.74. The largest absolute Gasteiger partial charge is 0.494 e. The highest BCUT2D eigenvalue weighted by atomic mass is 35.5. The number of carbonyl (C=O) groups is 1. The third kappa shape index (κ3) is 5.40. The monoisotopic (exact) mass is 439 g/mol. The molecule has 2 aromatic carbocycles. The molecule has 5 nitrogen and oxygen atoms in total. The quantitative estimate of drug-likeness (QED) is 0.440. The summed E-state index contributed by atoms with van der Waals surface area (Å²) < 4.78 is 8.24. The lowest BCUT2D eigenvalue weighted by Crippen LogP contribution is -2.27. The highest BCUT2D eigenvalue weighted by Gasteiger charge is 2.29. The zero-order valence-electron chi connectivity index (χ0n) is 18.3. The SMILES string of the molecule is Cc1cc(OCCCCn2c(CCNC(=O)C3CC3)nc3ccccc32)cc(C)c1Cl. The predicted octanol–water partition coefficient (Wildman–Crippen LogP) is 5.23. The Bertz CT molecular complexity index is 1050. The average molecular weight is 440 g/mol. The van der Waals surface area contributed by atoms with Crippen LogP contribution in [0.25, 0.3) is 11.0 Å². The number of aryl methyl sites for hydroxylation is 3. The van der Waals surface area contributed by atoms with Gasteiger partial charge >= 0.3 is 0 Å². The van der Waals surface area contributed by atoms with Crippen LogP contribution in [0.2, 0.25) is 5.02 Å². The van der Waals surface area contributed by atoms with E-state index in [1.54, 1.807) is 0 Å². The molecule has 4 rings (SSSR count). The van der Waals surface area contributed by atoms with Crippen molar-refractivity contribution in [1.29, 1.82) is 0 Å². The predicted molar refractivity (Wildman–Crippen MR) is 125 cm³/mol. The van der Waals surface area contributed by atoms with Gasteiger partial charge in [0.1, 0.15) is 11.6 Å². The average Bonchev–Trinajstić information content (AvgIpc) is 3.55. The number of hydrogen-bond donors (Lipinski definition) is 1. The first kappa shape index (κ1) is 21.7. The number of unbranched alkanes of at least 4 members (excludes halogenated alkanes) is 1. The van der Waals surface area contributed by atoms with Gasteiger partial charge in [-0.15, -0.1) is 0 Å². The van der Waals surface area contributed by atoms with Crippen LogP contribution in [0.3, 0.4) is 0 Å². The van der Waals surface area contributed by atoms with Crippen molar-refractivity contribution in [1.82, 2.24) is 14.9 Å². The minimum absolute atomic E-state index is 0.187. The second-order valence-electron chi connectivity index (χ2n) is 8.41. The molecule has 31 heavy (non-hydrogen) atoms. The molecule has 0 atom stereocenters. The van der Waals surface area contributed by atoms with Crippen molar-refractivity contribution >= 4 is 28.5 Å². The van der Waals surface area contributed by atoms with Gasteiger partial charge in [0.2, 0.25) is 5.91 Å². The first-order chi connectivity index (χ1) is 15.0. The van der Waals surface area contributed by atoms with Gasteiger partial charge in [-0.1, -0.05) is 23.7 Å². The summed E-state index contributed by atoms with van der Waals surface area (Å²) in [6.45, 7) is 6.19. The summed E-state index contributed by atoms with van der Waals surface area (Å²) in [6, 6.07) is 12.2. The van der Waals surface area contributed by atoms with Crippen LogP contribution in [-0.2, 0) is 17.8 Å². The van der Waals surface area contributed by atoms with E-state index in [2.05, 4.69) is 16.0 Å². The van der Waals surface area contributed by atoms with Crippen LogP contribution in [-0.4, -0.2) is 28.6 Å². The maximum atomic E-state index is 11.9. The fraction of sp³-hybridized carbons (Fsp3) is 0.440. The Labute approximate surface area is 188 Å². The fourth-order valence-corrected chi connectivity index (χ4v) is 4.01. The number of carbonyl (C=O) groups excluding carboxylic acids is 1. The third-order valence-electron chi connectivity index (χ3n) is 5.78. The highest BCUT2D eigenvalue weighted by Crippen LogP contribution is 2.28. The van der Waals surface area contributed by atoms with Gasteiger partial charge in [0.15, 0.2) is 0 Å². The van der Waals surface area contributed by atoms with Crippen molar-refractivity contribution in [3.8, 4) is 5.75 Å². The first-order valence-corrected chi connectivity index (χ1v) is 11.5. The standard InChI is InChI=1S/C25H30ClN3O2/c1-17-15-20(16-18(2)24(17)26)31-14-6-5-13-29-22-8-4-3-7-21(22)28-23(29)11-12-27-25(30)19-9-10-19/h3-4,7-8,15-16,19H,5-6,9-14H2,1-2H3,(H,27,30). The number of fused-ring (bicyclic) bond motifs is 1. The zero-order chi connectivity index (χ0) is 21.8. The lowest BCUT2D eigenvalue weighted by molar-refractivity contribution is -0.122. The third-order valence-corrected chi connectivity index (χ3v) is 6.38. The molecule has 0 aliphatic heterocycles. The van der Waals surface area contributed by atoms with E-state index in [4.69, 9.17) is 21.3 Å². The van der Waals surface area contributed by atoms with E-state index in [1.165, 1.54) is 0 Å². The van der Waals surface area contributed by atoms with Gasteiger partial charge in [0.25, 0.3) is 0 Å². The van der Waals surface area contributed by atoms with Gasteiger partial charge in [-0.05, 0) is 74.9 Å². The number of amides is 1. The Morgan fingerprint density at radius 1 is 1.19 bits per heavy atom. The van der Waals surface area contributed by atoms with Crippen LogP contribution in [0, 0.1) is 19.8 Å². The Morgan fingerprint density at radius 2 is 1.94 bits per heavy atom. The molecule has 164 valence electrons. The number of benzene rings is 2. The van der Waals surface area contributed by atoms with Gasteiger partial charge < -0.3 is 14.6 Å². The van der Waals surface area contributed by atoms with E-state index >= 15 is 0 Å². The summed E-state index contributed by atoms with van der Waals surface area (Å²) in [5, 5.41) is 3.86. The topological polar surface area (TPSA) is 56.1 Å². The maximum absolute atomic E-state index is 11.9. The number of ether oxygens (including phenoxy) is 1. The highest BCUT2D eigenvalue weighted by molar-refractivity contribution is 6.32. The zero-order valence-corrected chi connectivity index (χ0v) is 19.0. The Morgan fingerprint density at radius 3 is 2.68 bits per heavy atom. The number of hydrogen-bond acceptors (Lipinski definition) is 3. The molecular weight excluding hydrogens is 410 g/mol. The van der Waals surface area contributed by atoms with Crippen LogP contribution in [0.4, 0.5) is 0 Å². The van der Waals surface area contributed by atoms with E-state index in [1.807, 2.05) is 44.2 Å². The van der Waals surface area contributed by atoms with Crippen molar-refractivity contribution in [2.75, 3.05) is 13.2 Å². The van der Waals surface area contributed by atoms with Gasteiger partial charge in [0.05, 0.1) is 17.6 Å². The van der Waals surface area contributed by atoms with E-state index in [0.29, 0.717) is 13.2 Å². The second-order valence-corrected chi connectivity index (χ2v) is 8.79. The van der Waals surface area contributed by atoms with Crippen molar-refractivity contribution < 1.29 is 9.53 Å². The van der Waals surface area contributed by atoms with Crippen LogP contribution in [0.5, 0.6) is 5.75 Å². The molecule has 1 amide bonds. The lowest BCUT2D eigenvalue weighted by atomic mass is 10.1. The molecule has 0 saturated heterocycles. The molecule has 0 radical (unpaired) electrons. The molecule has 0 bridgehead atoms. The normalized spacial score (nSPS) is 13.5. The van der Waals surface area contributed by atoms with Crippen molar-refractivity contribution in [3.05, 3.63) is 58.4 Å². The molecule has 0 spiro atoms. The maximum Gasteiger partial charge on any atom is 0.223 e.